The number of ether oxygens (including phenoxy) is 2. The maximum atomic E-state index is 14.3. The minimum absolute atomic E-state index is 0.00794. The van der Waals surface area contributed by atoms with E-state index in [1.807, 2.05) is 71.9 Å². The molecule has 0 aliphatic carbocycles. The van der Waals surface area contributed by atoms with Crippen LogP contribution in [0.2, 0.25) is 0 Å². The summed E-state index contributed by atoms with van der Waals surface area (Å²) in [5.74, 6) is -2.18. The molecule has 2 aliphatic rings. The Hall–Kier alpha value is -3.59. The number of likely N-dealkylation sites (tertiary alicyclic amines) is 1. The number of methoxy groups -OCH3 is 2. The molecule has 0 bridgehead atoms. The van der Waals surface area contributed by atoms with Crippen LogP contribution in [0.5, 0.6) is 0 Å². The number of carbonyl (C=O) groups excluding carboxylic acids is 5. The Kier molecular flexibility index (Phi) is 18.7. The average Bonchev–Trinajstić information content (AvgIpc) is 3.90. The van der Waals surface area contributed by atoms with Gasteiger partial charge in [-0.05, 0) is 49.6 Å². The SMILES string of the molecule is CC[C@H](C)[C@@H]([C@@H](CC(=O)N1CCC[C@H]1[C@H](OC)[C@@H](C)C(=O)N[C@@H](Cc1ccccc1)C(=O)N1CCCO1)OC)N(C)C(=O)[C@@H](NC(=O)[C@@H](NC)C(C)C)C(C)C. The lowest BCUT2D eigenvalue weighted by atomic mass is 9.89. The monoisotopic (exact) mass is 787 g/mol. The molecule has 0 unspecified atom stereocenters. The third-order valence-electron chi connectivity index (χ3n) is 11.6. The molecule has 56 heavy (non-hydrogen) atoms. The number of rotatable bonds is 21. The molecule has 2 fully saturated rings. The van der Waals surface area contributed by atoms with Crippen LogP contribution in [0.4, 0.5) is 0 Å². The Balaban J connectivity index is 1.79. The van der Waals surface area contributed by atoms with E-state index >= 15 is 0 Å². The van der Waals surface area contributed by atoms with Crippen LogP contribution >= 0.6 is 0 Å². The predicted octanol–water partition coefficient (Wildman–Crippen LogP) is 3.18. The summed E-state index contributed by atoms with van der Waals surface area (Å²) in [5.41, 5.74) is 0.905. The first-order valence-electron chi connectivity index (χ1n) is 20.5. The molecule has 3 N–H and O–H groups in total. The van der Waals surface area contributed by atoms with Crippen molar-refractivity contribution in [2.45, 2.75) is 129 Å². The molecule has 1 aromatic carbocycles. The standard InChI is InChI=1S/C42H70N6O8/c1-12-28(6)37(46(9)42(53)36(27(4)5)45-40(51)35(43-8)26(2)3)33(54-10)25-34(49)47-21-16-20-32(47)38(55-11)29(7)39(50)44-31(24-30-18-14-13-15-19-30)41(52)48-22-17-23-56-48/h13-15,18-19,26-29,31-33,35-38,43H,12,16-17,20-25H2,1-11H3,(H,44,50)(H,45,51)/t28-,29+,31-,32-,33+,35-,36-,37-,38+/m0/s1. The van der Waals surface area contributed by atoms with E-state index in [9.17, 15) is 24.0 Å². The molecule has 9 atom stereocenters. The van der Waals surface area contributed by atoms with Crippen LogP contribution in [0.1, 0.15) is 86.1 Å². The van der Waals surface area contributed by atoms with Crippen LogP contribution in [0.15, 0.2) is 30.3 Å². The van der Waals surface area contributed by atoms with Crippen molar-refractivity contribution < 1.29 is 38.3 Å². The van der Waals surface area contributed by atoms with Crippen LogP contribution in [0.25, 0.3) is 0 Å². The molecule has 2 aliphatic heterocycles. The van der Waals surface area contributed by atoms with E-state index in [-0.39, 0.29) is 59.8 Å². The summed E-state index contributed by atoms with van der Waals surface area (Å²) < 4.78 is 12.0. The number of hydrogen-bond donors (Lipinski definition) is 3. The maximum absolute atomic E-state index is 14.3. The molecule has 2 saturated heterocycles. The number of carbonyl (C=O) groups is 5. The summed E-state index contributed by atoms with van der Waals surface area (Å²) >= 11 is 0. The lowest BCUT2D eigenvalue weighted by Gasteiger charge is -2.41. The molecule has 0 radical (unpaired) electrons. The van der Waals surface area contributed by atoms with Crippen molar-refractivity contribution in [3.8, 4) is 0 Å². The number of benzene rings is 1. The first kappa shape index (κ1) is 46.8. The van der Waals surface area contributed by atoms with E-state index in [4.69, 9.17) is 14.3 Å². The molecule has 14 nitrogen and oxygen atoms in total. The normalized spacial score (nSPS) is 20.2. The zero-order valence-electron chi connectivity index (χ0n) is 35.7. The first-order valence-corrected chi connectivity index (χ1v) is 20.5. The van der Waals surface area contributed by atoms with Gasteiger partial charge in [0.15, 0.2) is 0 Å². The van der Waals surface area contributed by atoms with E-state index in [1.165, 1.54) is 5.06 Å². The van der Waals surface area contributed by atoms with E-state index < -0.39 is 42.3 Å². The van der Waals surface area contributed by atoms with Gasteiger partial charge in [0, 0.05) is 34.2 Å². The van der Waals surface area contributed by atoms with Crippen molar-refractivity contribution >= 4 is 29.5 Å². The van der Waals surface area contributed by atoms with Crippen LogP contribution in [0.3, 0.4) is 0 Å². The molecule has 0 aromatic heterocycles. The number of nitrogens with one attached hydrogen (secondary N) is 3. The molecule has 3 rings (SSSR count). The van der Waals surface area contributed by atoms with Crippen molar-refractivity contribution in [3.63, 3.8) is 0 Å². The van der Waals surface area contributed by atoms with Gasteiger partial charge in [0.1, 0.15) is 12.1 Å². The van der Waals surface area contributed by atoms with Gasteiger partial charge in [-0.15, -0.1) is 0 Å². The maximum Gasteiger partial charge on any atom is 0.269 e. The number of amides is 5. The quantitative estimate of drug-likeness (QED) is 0.170. The van der Waals surface area contributed by atoms with Gasteiger partial charge in [-0.3, -0.25) is 28.8 Å². The lowest BCUT2D eigenvalue weighted by molar-refractivity contribution is -0.172. The molecule has 14 heteroatoms. The van der Waals surface area contributed by atoms with Gasteiger partial charge < -0.3 is 35.2 Å². The van der Waals surface area contributed by atoms with Crippen LogP contribution in [-0.4, -0.2) is 135 Å². The number of likely N-dealkylation sites (N-methyl/N-ethyl adjacent to an activating group) is 2. The summed E-state index contributed by atoms with van der Waals surface area (Å²) in [6, 6.07) is 6.60. The molecular weight excluding hydrogens is 716 g/mol. The van der Waals surface area contributed by atoms with E-state index in [0.29, 0.717) is 32.5 Å². The lowest BCUT2D eigenvalue weighted by Crippen LogP contribution is -2.59. The third-order valence-corrected chi connectivity index (χ3v) is 11.6. The average molecular weight is 787 g/mol. The fourth-order valence-corrected chi connectivity index (χ4v) is 8.20. The largest absolute Gasteiger partial charge is 0.379 e. The molecular formula is C42H70N6O8. The predicted molar refractivity (Wildman–Crippen MR) is 215 cm³/mol. The van der Waals surface area contributed by atoms with Gasteiger partial charge in [-0.25, -0.2) is 5.06 Å². The van der Waals surface area contributed by atoms with Gasteiger partial charge in [0.05, 0.1) is 55.8 Å². The highest BCUT2D eigenvalue weighted by Crippen LogP contribution is 2.30. The van der Waals surface area contributed by atoms with Crippen molar-refractivity contribution in [1.29, 1.82) is 0 Å². The second kappa shape index (κ2) is 22.4. The minimum atomic E-state index is -0.840. The molecule has 1 aromatic rings. The molecule has 316 valence electrons. The Morgan fingerprint density at radius 3 is 2.09 bits per heavy atom. The van der Waals surface area contributed by atoms with Gasteiger partial charge in [0.2, 0.25) is 23.6 Å². The second-order valence-electron chi connectivity index (χ2n) is 16.2. The van der Waals surface area contributed by atoms with E-state index in [0.717, 1.165) is 24.8 Å². The topological polar surface area (TPSA) is 159 Å². The Labute approximate surface area is 335 Å². The van der Waals surface area contributed by atoms with Crippen molar-refractivity contribution in [1.82, 2.24) is 30.8 Å². The first-order chi connectivity index (χ1) is 26.6. The van der Waals surface area contributed by atoms with Crippen molar-refractivity contribution in [2.24, 2.45) is 23.7 Å². The van der Waals surface area contributed by atoms with Gasteiger partial charge in [-0.1, -0.05) is 85.2 Å². The number of hydrogen-bond acceptors (Lipinski definition) is 9. The van der Waals surface area contributed by atoms with Gasteiger partial charge in [-0.2, -0.15) is 0 Å². The highest BCUT2D eigenvalue weighted by molar-refractivity contribution is 5.90. The Bertz CT molecular complexity index is 1420. The van der Waals surface area contributed by atoms with E-state index in [1.54, 1.807) is 45.0 Å². The smallest absolute Gasteiger partial charge is 0.269 e. The summed E-state index contributed by atoms with van der Waals surface area (Å²) in [4.78, 5) is 78.1. The third kappa shape index (κ3) is 12.0. The summed E-state index contributed by atoms with van der Waals surface area (Å²) in [6.07, 6.45) is 1.85. The fourth-order valence-electron chi connectivity index (χ4n) is 8.20. The second-order valence-corrected chi connectivity index (χ2v) is 16.2. The summed E-state index contributed by atoms with van der Waals surface area (Å²) in [6.45, 7) is 14.9. The Morgan fingerprint density at radius 2 is 1.55 bits per heavy atom. The van der Waals surface area contributed by atoms with Crippen molar-refractivity contribution in [3.05, 3.63) is 35.9 Å². The van der Waals surface area contributed by atoms with E-state index in [2.05, 4.69) is 16.0 Å². The zero-order chi connectivity index (χ0) is 41.7. The number of hydroxylamine groups is 2. The van der Waals surface area contributed by atoms with Crippen LogP contribution < -0.4 is 16.0 Å². The van der Waals surface area contributed by atoms with Crippen LogP contribution in [-0.2, 0) is 44.7 Å². The molecule has 0 spiro atoms. The highest BCUT2D eigenvalue weighted by Gasteiger charge is 2.43. The summed E-state index contributed by atoms with van der Waals surface area (Å²) in [5, 5.41) is 10.4. The zero-order valence-corrected chi connectivity index (χ0v) is 35.7. The number of nitrogens with zero attached hydrogens (tertiary/aromatic N) is 3. The molecule has 2 heterocycles. The Morgan fingerprint density at radius 1 is 0.893 bits per heavy atom. The van der Waals surface area contributed by atoms with Gasteiger partial charge in [0.25, 0.3) is 5.91 Å². The van der Waals surface area contributed by atoms with Crippen LogP contribution in [0, 0.1) is 23.7 Å². The van der Waals surface area contributed by atoms with Gasteiger partial charge >= 0.3 is 0 Å². The van der Waals surface area contributed by atoms with Crippen molar-refractivity contribution in [2.75, 3.05) is 48.0 Å². The molecule has 5 amide bonds. The molecule has 0 saturated carbocycles. The minimum Gasteiger partial charge on any atom is -0.379 e. The fraction of sp³-hybridized carbons (Fsp3) is 0.738. The highest BCUT2D eigenvalue weighted by atomic mass is 16.7. The summed E-state index contributed by atoms with van der Waals surface area (Å²) in [7, 11) is 6.55.